The quantitative estimate of drug-likeness (QED) is 0.288. The van der Waals surface area contributed by atoms with E-state index in [0.717, 1.165) is 51.4 Å². The van der Waals surface area contributed by atoms with E-state index >= 15 is 0 Å². The Morgan fingerprint density at radius 3 is 1.30 bits per heavy atom. The molecule has 0 saturated heterocycles. The van der Waals surface area contributed by atoms with E-state index in [0.29, 0.717) is 11.8 Å². The third kappa shape index (κ3) is 4.48. The van der Waals surface area contributed by atoms with Crippen molar-refractivity contribution in [3.05, 3.63) is 33.0 Å². The van der Waals surface area contributed by atoms with E-state index in [9.17, 15) is 0 Å². The van der Waals surface area contributed by atoms with Gasteiger partial charge in [0, 0.05) is 21.9 Å². The summed E-state index contributed by atoms with van der Waals surface area (Å²) in [7, 11) is 0. The average Bonchev–Trinajstić information content (AvgIpc) is 2.49. The highest BCUT2D eigenvalue weighted by atomic mass is 15.1. The van der Waals surface area contributed by atoms with Crippen LogP contribution in [-0.4, -0.2) is 12.1 Å². The van der Waals surface area contributed by atoms with Crippen LogP contribution in [-0.2, 0) is 0 Å². The lowest BCUT2D eigenvalue weighted by Gasteiger charge is -2.26. The van der Waals surface area contributed by atoms with Gasteiger partial charge in [0.2, 0.25) is 0 Å². The van der Waals surface area contributed by atoms with Gasteiger partial charge in [-0.05, 0) is 74.3 Å². The fraction of sp³-hybridized carbons (Fsp3) is 0.857. The van der Waals surface area contributed by atoms with E-state index in [4.69, 9.17) is 11.1 Å². The molecule has 2 saturated carbocycles. The van der Waals surface area contributed by atoms with Gasteiger partial charge in [0.1, 0.15) is 0 Å². The molecule has 20 heavy (non-hydrogen) atoms. The summed E-state index contributed by atoms with van der Waals surface area (Å²) in [5.74, 6) is 1.30. The summed E-state index contributed by atoms with van der Waals surface area (Å²) in [6.07, 6.45) is 13.3. The Balaban J connectivity index is 1.72. The van der Waals surface area contributed by atoms with Crippen LogP contribution in [0.25, 0.3) is 20.9 Å². The summed E-state index contributed by atoms with van der Waals surface area (Å²) in [6, 6.07) is 0.424. The van der Waals surface area contributed by atoms with Gasteiger partial charge in [0.25, 0.3) is 0 Å². The lowest BCUT2D eigenvalue weighted by atomic mass is 9.82. The maximum absolute atomic E-state index is 8.43. The number of allylic oxidation sites excluding steroid dienone is 2. The van der Waals surface area contributed by atoms with Gasteiger partial charge in [-0.25, -0.2) is 0 Å². The number of hydrogen-bond donors (Lipinski definition) is 0. The molecule has 0 aromatic heterocycles. The second-order valence-corrected chi connectivity index (χ2v) is 5.93. The maximum Gasteiger partial charge on any atom is 0.0374 e. The van der Waals surface area contributed by atoms with Crippen molar-refractivity contribution in [1.29, 1.82) is 0 Å². The van der Waals surface area contributed by atoms with Crippen molar-refractivity contribution in [2.45, 2.75) is 63.5 Å². The molecule has 0 spiro atoms. The van der Waals surface area contributed by atoms with Gasteiger partial charge in [0.15, 0.2) is 0 Å². The first kappa shape index (κ1) is 14.8. The van der Waals surface area contributed by atoms with Gasteiger partial charge in [-0.3, -0.25) is 0 Å². The molecule has 0 atom stereocenters. The molecule has 0 heterocycles. The minimum absolute atomic E-state index is 0.212. The van der Waals surface area contributed by atoms with Crippen molar-refractivity contribution in [2.24, 2.45) is 22.1 Å². The molecule has 2 aliphatic rings. The number of nitrogens with zero attached hydrogens (tertiary/aromatic N) is 6. The highest BCUT2D eigenvalue weighted by Crippen LogP contribution is 2.31. The zero-order valence-corrected chi connectivity index (χ0v) is 11.8. The molecule has 0 aromatic carbocycles. The fourth-order valence-corrected chi connectivity index (χ4v) is 3.28. The summed E-state index contributed by atoms with van der Waals surface area (Å²) in [4.78, 5) is 5.80. The largest absolute Gasteiger partial charge is 0.0906 e. The van der Waals surface area contributed by atoms with Crippen LogP contribution in [0.5, 0.6) is 0 Å². The maximum atomic E-state index is 8.43. The molecule has 2 rings (SSSR count). The standard InChI is InChI=1S/C14H22N6/c15-19-17-13-7-3-11(4-8-13)1-2-12-5-9-14(10-6-12)18-20-16/h1-2,11-14H,3-10H2. The third-order valence-corrected chi connectivity index (χ3v) is 4.57. The van der Waals surface area contributed by atoms with E-state index in [-0.39, 0.29) is 12.1 Å². The molecule has 6 heteroatoms. The Hall–Kier alpha value is -1.64. The lowest BCUT2D eigenvalue weighted by molar-refractivity contribution is 0.360. The first-order valence-corrected chi connectivity index (χ1v) is 7.58. The van der Waals surface area contributed by atoms with E-state index < -0.39 is 0 Å². The predicted octanol–water partition coefficient (Wildman–Crippen LogP) is 5.28. The van der Waals surface area contributed by atoms with Gasteiger partial charge in [0.05, 0.1) is 0 Å². The normalized spacial score (nSPS) is 34.2. The second-order valence-electron chi connectivity index (χ2n) is 5.93. The third-order valence-electron chi connectivity index (χ3n) is 4.57. The molecule has 0 N–H and O–H groups in total. The van der Waals surface area contributed by atoms with Crippen LogP contribution in [0.4, 0.5) is 0 Å². The Labute approximate surface area is 119 Å². The fourth-order valence-electron chi connectivity index (χ4n) is 3.28. The Bertz CT molecular complexity index is 377. The van der Waals surface area contributed by atoms with Crippen LogP contribution in [0.15, 0.2) is 22.4 Å². The van der Waals surface area contributed by atoms with Crippen LogP contribution < -0.4 is 0 Å². The monoisotopic (exact) mass is 274 g/mol. The second kappa shape index (κ2) is 7.83. The van der Waals surface area contributed by atoms with Crippen molar-refractivity contribution in [2.75, 3.05) is 0 Å². The van der Waals surface area contributed by atoms with Crippen molar-refractivity contribution in [3.63, 3.8) is 0 Å². The highest BCUT2D eigenvalue weighted by molar-refractivity contribution is 4.97. The van der Waals surface area contributed by atoms with Gasteiger partial charge < -0.3 is 0 Å². The van der Waals surface area contributed by atoms with E-state index in [1.54, 1.807) is 0 Å². The van der Waals surface area contributed by atoms with Crippen LogP contribution in [0.3, 0.4) is 0 Å². The van der Waals surface area contributed by atoms with Crippen molar-refractivity contribution in [1.82, 2.24) is 0 Å². The summed E-state index contributed by atoms with van der Waals surface area (Å²) in [5.41, 5.74) is 16.9. The lowest BCUT2D eigenvalue weighted by Crippen LogP contribution is -2.17. The van der Waals surface area contributed by atoms with Gasteiger partial charge in [-0.15, -0.1) is 0 Å². The molecule has 0 aliphatic heterocycles. The van der Waals surface area contributed by atoms with Crippen LogP contribution in [0.1, 0.15) is 51.4 Å². The summed E-state index contributed by atoms with van der Waals surface area (Å²) < 4.78 is 0. The van der Waals surface area contributed by atoms with Crippen molar-refractivity contribution in [3.8, 4) is 0 Å². The Kier molecular flexibility index (Phi) is 5.78. The predicted molar refractivity (Wildman–Crippen MR) is 78.9 cm³/mol. The van der Waals surface area contributed by atoms with E-state index in [2.05, 4.69) is 32.2 Å². The summed E-state index contributed by atoms with van der Waals surface area (Å²) >= 11 is 0. The first-order valence-electron chi connectivity index (χ1n) is 7.58. The topological polar surface area (TPSA) is 97.5 Å². The molecule has 2 aliphatic carbocycles. The van der Waals surface area contributed by atoms with Gasteiger partial charge in [-0.2, -0.15) is 0 Å². The van der Waals surface area contributed by atoms with Gasteiger partial charge >= 0.3 is 0 Å². The molecule has 0 aromatic rings. The summed E-state index contributed by atoms with van der Waals surface area (Å²) in [6.45, 7) is 0. The SMILES string of the molecule is [N-]=[N+]=NC1CCC(C=CC2CCC(N=[N+]=[N-])CC2)CC1. The molecule has 6 nitrogen and oxygen atoms in total. The highest BCUT2D eigenvalue weighted by Gasteiger charge is 2.20. The zero-order chi connectivity index (χ0) is 14.2. The molecular weight excluding hydrogens is 252 g/mol. The molecule has 0 radical (unpaired) electrons. The van der Waals surface area contributed by atoms with E-state index in [1.165, 1.54) is 0 Å². The molecule has 0 bridgehead atoms. The first-order chi connectivity index (χ1) is 9.81. The van der Waals surface area contributed by atoms with Crippen LogP contribution in [0.2, 0.25) is 0 Å². The zero-order valence-electron chi connectivity index (χ0n) is 11.8. The molecular formula is C14H22N6. The smallest absolute Gasteiger partial charge is 0.0374 e. The van der Waals surface area contributed by atoms with Gasteiger partial charge in [-0.1, -0.05) is 22.4 Å². The van der Waals surface area contributed by atoms with Crippen LogP contribution in [0, 0.1) is 11.8 Å². The molecule has 0 amide bonds. The average molecular weight is 274 g/mol. The minimum atomic E-state index is 0.212. The van der Waals surface area contributed by atoms with Crippen LogP contribution >= 0.6 is 0 Å². The summed E-state index contributed by atoms with van der Waals surface area (Å²) in [5, 5.41) is 7.62. The molecule has 108 valence electrons. The molecule has 2 fully saturated rings. The minimum Gasteiger partial charge on any atom is -0.0906 e. The number of azide groups is 2. The van der Waals surface area contributed by atoms with Crippen molar-refractivity contribution < 1.29 is 0 Å². The Morgan fingerprint density at radius 1 is 0.650 bits per heavy atom. The van der Waals surface area contributed by atoms with Crippen molar-refractivity contribution >= 4 is 0 Å². The number of rotatable bonds is 4. The number of hydrogen-bond acceptors (Lipinski definition) is 2. The van der Waals surface area contributed by atoms with E-state index in [1.807, 2.05) is 0 Å². The molecule has 0 unspecified atom stereocenters. The Morgan fingerprint density at radius 2 is 1.00 bits per heavy atom.